The SMILES string of the molecule is CC(=O)c1cccc(CCCl)c1. The highest BCUT2D eigenvalue weighted by molar-refractivity contribution is 6.18. The summed E-state index contributed by atoms with van der Waals surface area (Å²) in [6.07, 6.45) is 0.822. The molecule has 0 aromatic heterocycles. The van der Waals surface area contributed by atoms with Gasteiger partial charge in [-0.15, -0.1) is 11.6 Å². The second-order valence-electron chi connectivity index (χ2n) is 2.70. The fourth-order valence-electron chi connectivity index (χ4n) is 1.05. The quantitative estimate of drug-likeness (QED) is 0.519. The summed E-state index contributed by atoms with van der Waals surface area (Å²) in [5.74, 6) is 0.702. The minimum atomic E-state index is 0.103. The van der Waals surface area contributed by atoms with Crippen LogP contribution in [0.5, 0.6) is 0 Å². The molecule has 64 valence electrons. The normalized spacial score (nSPS) is 9.83. The van der Waals surface area contributed by atoms with Crippen molar-refractivity contribution in [2.24, 2.45) is 0 Å². The smallest absolute Gasteiger partial charge is 0.159 e. The van der Waals surface area contributed by atoms with Gasteiger partial charge in [-0.2, -0.15) is 0 Å². The Hall–Kier alpha value is -0.820. The van der Waals surface area contributed by atoms with Crippen molar-refractivity contribution < 1.29 is 4.79 Å². The summed E-state index contributed by atoms with van der Waals surface area (Å²) < 4.78 is 0. The summed E-state index contributed by atoms with van der Waals surface area (Å²) in [4.78, 5) is 11.0. The summed E-state index contributed by atoms with van der Waals surface area (Å²) in [6.45, 7) is 1.57. The van der Waals surface area contributed by atoms with Gasteiger partial charge in [0.15, 0.2) is 5.78 Å². The Morgan fingerprint density at radius 3 is 2.83 bits per heavy atom. The number of aryl methyl sites for hydroxylation is 1. The van der Waals surface area contributed by atoms with Gasteiger partial charge >= 0.3 is 0 Å². The number of ketones is 1. The second-order valence-corrected chi connectivity index (χ2v) is 3.07. The van der Waals surface area contributed by atoms with Crippen molar-refractivity contribution in [3.05, 3.63) is 35.4 Å². The van der Waals surface area contributed by atoms with Gasteiger partial charge in [0.1, 0.15) is 0 Å². The number of hydrogen-bond donors (Lipinski definition) is 0. The monoisotopic (exact) mass is 182 g/mol. The molecule has 1 aromatic carbocycles. The lowest BCUT2D eigenvalue weighted by atomic mass is 10.1. The molecule has 0 spiro atoms. The van der Waals surface area contributed by atoms with E-state index in [1.54, 1.807) is 6.92 Å². The summed E-state index contributed by atoms with van der Waals surface area (Å²) in [7, 11) is 0. The molecule has 0 aliphatic rings. The van der Waals surface area contributed by atoms with Gasteiger partial charge in [-0.3, -0.25) is 4.79 Å². The van der Waals surface area contributed by atoms with E-state index in [4.69, 9.17) is 11.6 Å². The van der Waals surface area contributed by atoms with Crippen LogP contribution in [0, 0.1) is 0 Å². The van der Waals surface area contributed by atoms with Crippen LogP contribution in [0.4, 0.5) is 0 Å². The molecule has 0 fully saturated rings. The molecule has 1 aromatic rings. The summed E-state index contributed by atoms with van der Waals surface area (Å²) >= 11 is 5.58. The van der Waals surface area contributed by atoms with Crippen molar-refractivity contribution in [3.8, 4) is 0 Å². The Morgan fingerprint density at radius 2 is 2.25 bits per heavy atom. The molecular formula is C10H11ClO. The second kappa shape index (κ2) is 4.27. The molecule has 0 saturated heterocycles. The van der Waals surface area contributed by atoms with E-state index in [0.29, 0.717) is 5.88 Å². The topological polar surface area (TPSA) is 17.1 Å². The van der Waals surface area contributed by atoms with Gasteiger partial charge in [-0.1, -0.05) is 18.2 Å². The molecule has 0 atom stereocenters. The zero-order chi connectivity index (χ0) is 8.97. The van der Waals surface area contributed by atoms with Gasteiger partial charge in [0.05, 0.1) is 0 Å². The predicted octanol–water partition coefficient (Wildman–Crippen LogP) is 2.67. The van der Waals surface area contributed by atoms with Crippen molar-refractivity contribution in [1.29, 1.82) is 0 Å². The van der Waals surface area contributed by atoms with Crippen LogP contribution in [-0.4, -0.2) is 11.7 Å². The third-order valence-corrected chi connectivity index (χ3v) is 1.91. The maximum absolute atomic E-state index is 11.0. The van der Waals surface area contributed by atoms with Crippen LogP contribution in [0.25, 0.3) is 0 Å². The van der Waals surface area contributed by atoms with Gasteiger partial charge in [0.2, 0.25) is 0 Å². The molecule has 0 saturated carbocycles. The van der Waals surface area contributed by atoms with Crippen LogP contribution in [0.15, 0.2) is 24.3 Å². The van der Waals surface area contributed by atoms with Crippen molar-refractivity contribution in [1.82, 2.24) is 0 Å². The zero-order valence-corrected chi connectivity index (χ0v) is 7.77. The number of Topliss-reactive ketones (excluding diaryl/α,β-unsaturated/α-hetero) is 1. The molecule has 0 aliphatic carbocycles. The summed E-state index contributed by atoms with van der Waals surface area (Å²) in [5.41, 5.74) is 1.88. The van der Waals surface area contributed by atoms with E-state index in [2.05, 4.69) is 0 Å². The molecule has 0 N–H and O–H groups in total. The molecule has 2 heteroatoms. The largest absolute Gasteiger partial charge is 0.295 e. The average molecular weight is 183 g/mol. The Morgan fingerprint density at radius 1 is 1.50 bits per heavy atom. The van der Waals surface area contributed by atoms with Gasteiger partial charge in [-0.25, -0.2) is 0 Å². The van der Waals surface area contributed by atoms with Gasteiger partial charge < -0.3 is 0 Å². The number of carbonyl (C=O) groups is 1. The fraction of sp³-hybridized carbons (Fsp3) is 0.300. The first kappa shape index (κ1) is 9.27. The van der Waals surface area contributed by atoms with Crippen molar-refractivity contribution in [2.75, 3.05) is 5.88 Å². The molecule has 0 bridgehead atoms. The molecule has 0 heterocycles. The van der Waals surface area contributed by atoms with Crippen LogP contribution in [-0.2, 0) is 6.42 Å². The number of rotatable bonds is 3. The molecule has 1 nitrogen and oxygen atoms in total. The summed E-state index contributed by atoms with van der Waals surface area (Å²) in [6, 6.07) is 7.58. The molecule has 0 radical (unpaired) electrons. The number of benzene rings is 1. The Kier molecular flexibility index (Phi) is 3.30. The highest BCUT2D eigenvalue weighted by atomic mass is 35.5. The number of hydrogen-bond acceptors (Lipinski definition) is 1. The molecule has 0 amide bonds. The third-order valence-electron chi connectivity index (χ3n) is 1.72. The van der Waals surface area contributed by atoms with Crippen molar-refractivity contribution in [2.45, 2.75) is 13.3 Å². The number of alkyl halides is 1. The average Bonchev–Trinajstić information content (AvgIpc) is 2.05. The van der Waals surface area contributed by atoms with E-state index in [1.165, 1.54) is 0 Å². The van der Waals surface area contributed by atoms with Crippen molar-refractivity contribution >= 4 is 17.4 Å². The predicted molar refractivity (Wildman–Crippen MR) is 50.9 cm³/mol. The van der Waals surface area contributed by atoms with Gasteiger partial charge in [0, 0.05) is 11.4 Å². The Labute approximate surface area is 77.4 Å². The van der Waals surface area contributed by atoms with E-state index in [1.807, 2.05) is 24.3 Å². The van der Waals surface area contributed by atoms with Gasteiger partial charge in [0.25, 0.3) is 0 Å². The van der Waals surface area contributed by atoms with E-state index in [-0.39, 0.29) is 5.78 Å². The molecule has 0 aliphatic heterocycles. The highest BCUT2D eigenvalue weighted by Gasteiger charge is 1.99. The molecular weight excluding hydrogens is 172 g/mol. The van der Waals surface area contributed by atoms with E-state index in [9.17, 15) is 4.79 Å². The lowest BCUT2D eigenvalue weighted by Gasteiger charge is -1.99. The van der Waals surface area contributed by atoms with Crippen LogP contribution in [0.2, 0.25) is 0 Å². The van der Waals surface area contributed by atoms with Crippen LogP contribution in [0.3, 0.4) is 0 Å². The molecule has 12 heavy (non-hydrogen) atoms. The van der Waals surface area contributed by atoms with E-state index < -0.39 is 0 Å². The first-order chi connectivity index (χ1) is 5.74. The van der Waals surface area contributed by atoms with E-state index in [0.717, 1.165) is 17.5 Å². The summed E-state index contributed by atoms with van der Waals surface area (Å²) in [5, 5.41) is 0. The van der Waals surface area contributed by atoms with Crippen LogP contribution < -0.4 is 0 Å². The van der Waals surface area contributed by atoms with Crippen LogP contribution in [0.1, 0.15) is 22.8 Å². The minimum absolute atomic E-state index is 0.103. The fourth-order valence-corrected chi connectivity index (χ4v) is 1.27. The maximum Gasteiger partial charge on any atom is 0.159 e. The van der Waals surface area contributed by atoms with Crippen molar-refractivity contribution in [3.63, 3.8) is 0 Å². The molecule has 0 unspecified atom stereocenters. The lowest BCUT2D eigenvalue weighted by molar-refractivity contribution is 0.101. The first-order valence-electron chi connectivity index (χ1n) is 3.90. The Balaban J connectivity index is 2.88. The standard InChI is InChI=1S/C10H11ClO/c1-8(12)10-4-2-3-9(7-10)5-6-11/h2-4,7H,5-6H2,1H3. The molecule has 1 rings (SSSR count). The first-order valence-corrected chi connectivity index (χ1v) is 4.43. The maximum atomic E-state index is 11.0. The van der Waals surface area contributed by atoms with Crippen LogP contribution >= 0.6 is 11.6 Å². The van der Waals surface area contributed by atoms with E-state index >= 15 is 0 Å². The number of halogens is 1. The highest BCUT2D eigenvalue weighted by Crippen LogP contribution is 2.07. The minimum Gasteiger partial charge on any atom is -0.295 e. The van der Waals surface area contributed by atoms with Gasteiger partial charge in [-0.05, 0) is 25.0 Å². The number of carbonyl (C=O) groups excluding carboxylic acids is 1. The Bertz CT molecular complexity index is 281. The third kappa shape index (κ3) is 2.35. The zero-order valence-electron chi connectivity index (χ0n) is 7.01. The lowest BCUT2D eigenvalue weighted by Crippen LogP contribution is -1.94.